The van der Waals surface area contributed by atoms with Gasteiger partial charge in [0.15, 0.2) is 0 Å². The van der Waals surface area contributed by atoms with Crippen LogP contribution < -0.4 is 4.74 Å². The van der Waals surface area contributed by atoms with Crippen LogP contribution in [0.25, 0.3) is 0 Å². The second-order valence-corrected chi connectivity index (χ2v) is 3.56. The maximum atomic E-state index is 13.0. The lowest BCUT2D eigenvalue weighted by atomic mass is 10.2. The molecule has 0 bridgehead atoms. The summed E-state index contributed by atoms with van der Waals surface area (Å²) < 4.78 is 18.5. The molecule has 0 heterocycles. The van der Waals surface area contributed by atoms with E-state index in [4.69, 9.17) is 11.2 Å². The van der Waals surface area contributed by atoms with Crippen molar-refractivity contribution in [2.45, 2.75) is 20.5 Å². The zero-order valence-corrected chi connectivity index (χ0v) is 11.2. The summed E-state index contributed by atoms with van der Waals surface area (Å²) in [7, 11) is 0. The highest BCUT2D eigenvalue weighted by atomic mass is 19.1. The van der Waals surface area contributed by atoms with Crippen LogP contribution in [0.5, 0.6) is 5.75 Å². The molecule has 0 atom stereocenters. The maximum absolute atomic E-state index is 13.0. The van der Waals surface area contributed by atoms with Gasteiger partial charge in [0.1, 0.15) is 18.2 Å². The summed E-state index contributed by atoms with van der Waals surface area (Å²) in [5.41, 5.74) is 1.47. The second kappa shape index (κ2) is 7.94. The molecule has 2 rings (SSSR count). The Bertz CT molecular complexity index is 555. The number of benzene rings is 2. The quantitative estimate of drug-likeness (QED) is 0.739. The Morgan fingerprint density at radius 2 is 1.84 bits per heavy atom. The van der Waals surface area contributed by atoms with Gasteiger partial charge in [0.2, 0.25) is 0 Å². The highest BCUT2D eigenvalue weighted by Gasteiger charge is 2.01. The molecule has 0 N–H and O–H groups in total. The Balaban J connectivity index is 0.000000861. The number of hydrogen-bond acceptors (Lipinski definition) is 1. The highest BCUT2D eigenvalue weighted by Crippen LogP contribution is 2.18. The molecule has 0 saturated carbocycles. The molecule has 2 aromatic rings. The minimum absolute atomic E-state index is 0.267. The summed E-state index contributed by atoms with van der Waals surface area (Å²) in [5, 5.41) is 0. The predicted octanol–water partition coefficient (Wildman–Crippen LogP) is 4.41. The van der Waals surface area contributed by atoms with Crippen molar-refractivity contribution in [2.24, 2.45) is 0 Å². The van der Waals surface area contributed by atoms with E-state index in [1.165, 1.54) is 12.1 Å². The van der Waals surface area contributed by atoms with E-state index < -0.39 is 0 Å². The van der Waals surface area contributed by atoms with Crippen molar-refractivity contribution in [1.82, 2.24) is 0 Å². The van der Waals surface area contributed by atoms with E-state index in [9.17, 15) is 4.39 Å². The standard InChI is InChI=1S/C15H11FO.C2H6/c1-2-13-7-3-4-9-15(13)17-11-12-6-5-8-14(16)10-12;1-2/h1,3-10H,11H2;1-2H3. The van der Waals surface area contributed by atoms with Gasteiger partial charge in [-0.3, -0.25) is 0 Å². The molecule has 2 heteroatoms. The van der Waals surface area contributed by atoms with Crippen LogP contribution in [0.2, 0.25) is 0 Å². The Morgan fingerprint density at radius 1 is 1.11 bits per heavy atom. The number of halogens is 1. The van der Waals surface area contributed by atoms with Crippen molar-refractivity contribution in [3.8, 4) is 18.1 Å². The van der Waals surface area contributed by atoms with Crippen LogP contribution in [0.4, 0.5) is 4.39 Å². The number of terminal acetylenes is 1. The molecule has 0 spiro atoms. The number of rotatable bonds is 3. The van der Waals surface area contributed by atoms with E-state index in [-0.39, 0.29) is 5.82 Å². The van der Waals surface area contributed by atoms with Gasteiger partial charge in [0.05, 0.1) is 5.56 Å². The minimum atomic E-state index is -0.267. The summed E-state index contributed by atoms with van der Waals surface area (Å²) in [6.45, 7) is 4.30. The molecule has 0 aliphatic carbocycles. The molecular formula is C17H17FO. The molecule has 0 radical (unpaired) electrons. The van der Waals surface area contributed by atoms with E-state index >= 15 is 0 Å². The lowest BCUT2D eigenvalue weighted by molar-refractivity contribution is 0.305. The van der Waals surface area contributed by atoms with Crippen molar-refractivity contribution in [3.05, 3.63) is 65.5 Å². The SMILES string of the molecule is C#Cc1ccccc1OCc1cccc(F)c1.CC. The Morgan fingerprint density at radius 3 is 2.53 bits per heavy atom. The molecule has 2 aromatic carbocycles. The fourth-order valence-electron chi connectivity index (χ4n) is 1.50. The van der Waals surface area contributed by atoms with Gasteiger partial charge >= 0.3 is 0 Å². The van der Waals surface area contributed by atoms with E-state index in [1.807, 2.05) is 32.0 Å². The average molecular weight is 256 g/mol. The second-order valence-electron chi connectivity index (χ2n) is 3.56. The molecule has 1 nitrogen and oxygen atoms in total. The minimum Gasteiger partial charge on any atom is -0.488 e. The smallest absolute Gasteiger partial charge is 0.135 e. The van der Waals surface area contributed by atoms with Gasteiger partial charge in [-0.05, 0) is 29.8 Å². The van der Waals surface area contributed by atoms with Crippen molar-refractivity contribution in [2.75, 3.05) is 0 Å². The van der Waals surface area contributed by atoms with Gasteiger partial charge in [-0.2, -0.15) is 0 Å². The molecule has 0 aliphatic heterocycles. The van der Waals surface area contributed by atoms with E-state index in [0.717, 1.165) is 5.56 Å². The summed E-state index contributed by atoms with van der Waals surface area (Å²) in [4.78, 5) is 0. The third-order valence-corrected chi connectivity index (χ3v) is 2.33. The van der Waals surface area contributed by atoms with E-state index in [2.05, 4.69) is 5.92 Å². The van der Waals surface area contributed by atoms with Crippen LogP contribution in [-0.4, -0.2) is 0 Å². The molecule has 0 aromatic heterocycles. The normalized spacial score (nSPS) is 8.95. The Labute approximate surface area is 114 Å². The molecule has 19 heavy (non-hydrogen) atoms. The third-order valence-electron chi connectivity index (χ3n) is 2.33. The van der Waals surface area contributed by atoms with Crippen LogP contribution in [0.1, 0.15) is 25.0 Å². The van der Waals surface area contributed by atoms with Crippen LogP contribution >= 0.6 is 0 Å². The average Bonchev–Trinajstić information content (AvgIpc) is 2.47. The van der Waals surface area contributed by atoms with Crippen molar-refractivity contribution < 1.29 is 9.13 Å². The zero-order chi connectivity index (χ0) is 14.1. The highest BCUT2D eigenvalue weighted by molar-refractivity contribution is 5.44. The third kappa shape index (κ3) is 4.48. The van der Waals surface area contributed by atoms with Gasteiger partial charge < -0.3 is 4.74 Å². The zero-order valence-electron chi connectivity index (χ0n) is 11.2. The first-order chi connectivity index (χ1) is 9.29. The van der Waals surface area contributed by atoms with Crippen molar-refractivity contribution >= 4 is 0 Å². The van der Waals surface area contributed by atoms with Gasteiger partial charge in [0.25, 0.3) is 0 Å². The Hall–Kier alpha value is -2.27. The van der Waals surface area contributed by atoms with Gasteiger partial charge in [0, 0.05) is 0 Å². The fourth-order valence-corrected chi connectivity index (χ4v) is 1.50. The van der Waals surface area contributed by atoms with E-state index in [1.54, 1.807) is 18.2 Å². The molecular weight excluding hydrogens is 239 g/mol. The number of para-hydroxylation sites is 1. The van der Waals surface area contributed by atoms with Crippen LogP contribution in [0, 0.1) is 18.2 Å². The summed E-state index contributed by atoms with van der Waals surface area (Å²) in [6, 6.07) is 13.6. The van der Waals surface area contributed by atoms with Crippen molar-refractivity contribution in [3.63, 3.8) is 0 Å². The maximum Gasteiger partial charge on any atom is 0.135 e. The summed E-state index contributed by atoms with van der Waals surface area (Å²) in [6.07, 6.45) is 5.35. The first-order valence-corrected chi connectivity index (χ1v) is 6.22. The summed E-state index contributed by atoms with van der Waals surface area (Å²) >= 11 is 0. The lowest BCUT2D eigenvalue weighted by Gasteiger charge is -2.08. The Kier molecular flexibility index (Phi) is 6.18. The molecule has 0 unspecified atom stereocenters. The monoisotopic (exact) mass is 256 g/mol. The largest absolute Gasteiger partial charge is 0.488 e. The van der Waals surface area contributed by atoms with Gasteiger partial charge in [-0.15, -0.1) is 6.42 Å². The first kappa shape index (κ1) is 14.8. The number of ether oxygens (including phenoxy) is 1. The topological polar surface area (TPSA) is 9.23 Å². The van der Waals surface area contributed by atoms with Crippen LogP contribution in [0.15, 0.2) is 48.5 Å². The number of hydrogen-bond donors (Lipinski definition) is 0. The first-order valence-electron chi connectivity index (χ1n) is 6.22. The molecule has 0 aliphatic rings. The van der Waals surface area contributed by atoms with Gasteiger partial charge in [-0.1, -0.05) is 44.0 Å². The summed E-state index contributed by atoms with van der Waals surface area (Å²) in [5.74, 6) is 2.92. The fraction of sp³-hybridized carbons (Fsp3) is 0.176. The lowest BCUT2D eigenvalue weighted by Crippen LogP contribution is -1.97. The van der Waals surface area contributed by atoms with E-state index in [0.29, 0.717) is 17.9 Å². The van der Waals surface area contributed by atoms with Crippen molar-refractivity contribution in [1.29, 1.82) is 0 Å². The molecule has 98 valence electrons. The molecule has 0 fully saturated rings. The predicted molar refractivity (Wildman–Crippen MR) is 76.5 cm³/mol. The molecule has 0 saturated heterocycles. The van der Waals surface area contributed by atoms with Gasteiger partial charge in [-0.25, -0.2) is 4.39 Å². The van der Waals surface area contributed by atoms with Crippen LogP contribution in [0.3, 0.4) is 0 Å². The van der Waals surface area contributed by atoms with Crippen LogP contribution in [-0.2, 0) is 6.61 Å². The molecule has 0 amide bonds.